The number of ether oxygens (including phenoxy) is 1. The first-order valence-corrected chi connectivity index (χ1v) is 5.71. The molecule has 1 aromatic heterocycles. The van der Waals surface area contributed by atoms with Crippen molar-refractivity contribution in [2.24, 2.45) is 0 Å². The summed E-state index contributed by atoms with van der Waals surface area (Å²) in [5.41, 5.74) is 1.11. The highest BCUT2D eigenvalue weighted by molar-refractivity contribution is 9.10. The first-order valence-electron chi connectivity index (χ1n) is 4.92. The van der Waals surface area contributed by atoms with E-state index in [1.165, 1.54) is 0 Å². The van der Waals surface area contributed by atoms with Crippen LogP contribution in [0.15, 0.2) is 34.8 Å². The summed E-state index contributed by atoms with van der Waals surface area (Å²) >= 11 is 3.42. The van der Waals surface area contributed by atoms with Gasteiger partial charge in [0.15, 0.2) is 0 Å². The van der Waals surface area contributed by atoms with E-state index in [0.29, 0.717) is 0 Å². The van der Waals surface area contributed by atoms with E-state index in [4.69, 9.17) is 4.74 Å². The third-order valence-corrected chi connectivity index (χ3v) is 2.80. The molecule has 3 nitrogen and oxygen atoms in total. The second-order valence-electron chi connectivity index (χ2n) is 3.40. The van der Waals surface area contributed by atoms with Crippen molar-refractivity contribution in [2.75, 3.05) is 13.7 Å². The van der Waals surface area contributed by atoms with E-state index in [0.717, 1.165) is 28.8 Å². The number of nitrogens with one attached hydrogen (secondary N) is 1. The Kier molecular flexibility index (Phi) is 3.38. The van der Waals surface area contributed by atoms with Crippen molar-refractivity contribution in [2.45, 2.75) is 12.5 Å². The SMILES string of the molecule is CNC(C1=CCCO1)c1cncc(Br)c1. The van der Waals surface area contributed by atoms with Gasteiger partial charge in [-0.2, -0.15) is 0 Å². The Labute approximate surface area is 97.7 Å². The van der Waals surface area contributed by atoms with Gasteiger partial charge in [-0.05, 0) is 40.7 Å². The summed E-state index contributed by atoms with van der Waals surface area (Å²) in [4.78, 5) is 4.15. The van der Waals surface area contributed by atoms with E-state index >= 15 is 0 Å². The van der Waals surface area contributed by atoms with Crippen LogP contribution < -0.4 is 5.32 Å². The van der Waals surface area contributed by atoms with Crippen LogP contribution in [0.3, 0.4) is 0 Å². The largest absolute Gasteiger partial charge is 0.496 e. The van der Waals surface area contributed by atoms with Gasteiger partial charge in [0, 0.05) is 23.3 Å². The molecule has 1 aliphatic heterocycles. The fraction of sp³-hybridized carbons (Fsp3) is 0.364. The van der Waals surface area contributed by atoms with Gasteiger partial charge in [-0.1, -0.05) is 0 Å². The summed E-state index contributed by atoms with van der Waals surface area (Å²) in [7, 11) is 1.92. The lowest BCUT2D eigenvalue weighted by atomic mass is 10.1. The summed E-state index contributed by atoms with van der Waals surface area (Å²) in [6.45, 7) is 0.787. The standard InChI is InChI=1S/C11H13BrN2O/c1-13-11(10-3-2-4-15-10)8-5-9(12)7-14-6-8/h3,5-7,11,13H,2,4H2,1H3. The van der Waals surface area contributed by atoms with Crippen molar-refractivity contribution >= 4 is 15.9 Å². The number of nitrogens with zero attached hydrogens (tertiary/aromatic N) is 1. The Hall–Kier alpha value is -0.870. The number of likely N-dealkylation sites (N-methyl/N-ethyl adjacent to an activating group) is 1. The van der Waals surface area contributed by atoms with Gasteiger partial charge in [-0.15, -0.1) is 0 Å². The van der Waals surface area contributed by atoms with Crippen molar-refractivity contribution < 1.29 is 4.74 Å². The minimum absolute atomic E-state index is 0.109. The van der Waals surface area contributed by atoms with E-state index in [2.05, 4.69) is 38.4 Å². The van der Waals surface area contributed by atoms with Crippen molar-refractivity contribution in [1.82, 2.24) is 10.3 Å². The summed E-state index contributed by atoms with van der Waals surface area (Å²) in [6, 6.07) is 2.16. The minimum Gasteiger partial charge on any atom is -0.496 e. The normalized spacial score (nSPS) is 17.1. The number of halogens is 1. The van der Waals surface area contributed by atoms with Crippen LogP contribution in [-0.2, 0) is 4.74 Å². The highest BCUT2D eigenvalue weighted by atomic mass is 79.9. The molecule has 0 fully saturated rings. The van der Waals surface area contributed by atoms with Gasteiger partial charge >= 0.3 is 0 Å². The molecular weight excluding hydrogens is 256 g/mol. The number of aromatic nitrogens is 1. The maximum absolute atomic E-state index is 5.56. The third kappa shape index (κ3) is 2.38. The van der Waals surface area contributed by atoms with Crippen LogP contribution in [0, 0.1) is 0 Å². The highest BCUT2D eigenvalue weighted by Crippen LogP contribution is 2.26. The van der Waals surface area contributed by atoms with Gasteiger partial charge in [0.2, 0.25) is 0 Å². The van der Waals surface area contributed by atoms with E-state index in [-0.39, 0.29) is 6.04 Å². The molecule has 1 aromatic rings. The fourth-order valence-corrected chi connectivity index (χ4v) is 2.08. The van der Waals surface area contributed by atoms with E-state index in [1.54, 1.807) is 6.20 Å². The zero-order chi connectivity index (χ0) is 10.7. The predicted octanol–water partition coefficient (Wildman–Crippen LogP) is 2.41. The Morgan fingerprint density at radius 1 is 1.53 bits per heavy atom. The molecule has 15 heavy (non-hydrogen) atoms. The average molecular weight is 269 g/mol. The predicted molar refractivity (Wildman–Crippen MR) is 62.4 cm³/mol. The fourth-order valence-electron chi connectivity index (χ4n) is 1.70. The zero-order valence-corrected chi connectivity index (χ0v) is 10.1. The molecule has 0 aliphatic carbocycles. The van der Waals surface area contributed by atoms with Gasteiger partial charge in [0.1, 0.15) is 5.76 Å². The van der Waals surface area contributed by atoms with E-state index in [9.17, 15) is 0 Å². The molecule has 0 saturated carbocycles. The maximum atomic E-state index is 5.56. The third-order valence-electron chi connectivity index (χ3n) is 2.36. The first kappa shape index (κ1) is 10.6. The molecule has 0 bridgehead atoms. The second kappa shape index (κ2) is 4.77. The summed E-state index contributed by atoms with van der Waals surface area (Å²) in [5, 5.41) is 3.23. The molecule has 2 heterocycles. The lowest BCUT2D eigenvalue weighted by Gasteiger charge is -2.17. The molecule has 1 N–H and O–H groups in total. The van der Waals surface area contributed by atoms with Crippen LogP contribution in [0.2, 0.25) is 0 Å². The molecule has 0 amide bonds. The maximum Gasteiger partial charge on any atom is 0.114 e. The van der Waals surface area contributed by atoms with Crippen LogP contribution in [0.4, 0.5) is 0 Å². The molecule has 1 aliphatic rings. The number of rotatable bonds is 3. The molecule has 0 aromatic carbocycles. The van der Waals surface area contributed by atoms with Gasteiger partial charge < -0.3 is 10.1 Å². The molecule has 2 rings (SSSR count). The quantitative estimate of drug-likeness (QED) is 0.915. The summed E-state index contributed by atoms with van der Waals surface area (Å²) < 4.78 is 6.54. The van der Waals surface area contributed by atoms with Crippen LogP contribution in [0.1, 0.15) is 18.0 Å². The van der Waals surface area contributed by atoms with Crippen molar-refractivity contribution in [3.05, 3.63) is 40.3 Å². The van der Waals surface area contributed by atoms with Crippen LogP contribution >= 0.6 is 15.9 Å². The second-order valence-corrected chi connectivity index (χ2v) is 4.32. The molecule has 4 heteroatoms. The molecule has 0 saturated heterocycles. The van der Waals surface area contributed by atoms with E-state index in [1.807, 2.05) is 13.2 Å². The molecule has 0 radical (unpaired) electrons. The molecule has 1 atom stereocenters. The van der Waals surface area contributed by atoms with Gasteiger partial charge in [-0.3, -0.25) is 4.98 Å². The van der Waals surface area contributed by atoms with Gasteiger partial charge in [0.25, 0.3) is 0 Å². The van der Waals surface area contributed by atoms with Crippen molar-refractivity contribution in [1.29, 1.82) is 0 Å². The smallest absolute Gasteiger partial charge is 0.114 e. The van der Waals surface area contributed by atoms with Crippen LogP contribution in [0.25, 0.3) is 0 Å². The Bertz CT molecular complexity index is 379. The Morgan fingerprint density at radius 2 is 2.40 bits per heavy atom. The van der Waals surface area contributed by atoms with Crippen molar-refractivity contribution in [3.8, 4) is 0 Å². The lowest BCUT2D eigenvalue weighted by Crippen LogP contribution is -2.19. The molecule has 1 unspecified atom stereocenters. The lowest BCUT2D eigenvalue weighted by molar-refractivity contribution is 0.218. The van der Waals surface area contributed by atoms with Gasteiger partial charge in [-0.25, -0.2) is 0 Å². The number of hydrogen-bond acceptors (Lipinski definition) is 3. The minimum atomic E-state index is 0.109. The van der Waals surface area contributed by atoms with Gasteiger partial charge in [0.05, 0.1) is 12.6 Å². The Morgan fingerprint density at radius 3 is 3.00 bits per heavy atom. The van der Waals surface area contributed by atoms with Crippen LogP contribution in [0.5, 0.6) is 0 Å². The topological polar surface area (TPSA) is 34.1 Å². The van der Waals surface area contributed by atoms with Crippen LogP contribution in [-0.4, -0.2) is 18.6 Å². The zero-order valence-electron chi connectivity index (χ0n) is 8.53. The average Bonchev–Trinajstić information content (AvgIpc) is 2.72. The summed E-state index contributed by atoms with van der Waals surface area (Å²) in [6.07, 6.45) is 6.76. The highest BCUT2D eigenvalue weighted by Gasteiger charge is 2.19. The number of pyridine rings is 1. The van der Waals surface area contributed by atoms with Crippen molar-refractivity contribution in [3.63, 3.8) is 0 Å². The Balaban J connectivity index is 2.26. The summed E-state index contributed by atoms with van der Waals surface area (Å²) in [5.74, 6) is 0.998. The molecular formula is C11H13BrN2O. The molecule has 0 spiro atoms. The first-order chi connectivity index (χ1) is 7.31. The number of hydrogen-bond donors (Lipinski definition) is 1. The van der Waals surface area contributed by atoms with E-state index < -0.39 is 0 Å². The monoisotopic (exact) mass is 268 g/mol. The molecule has 80 valence electrons.